The van der Waals surface area contributed by atoms with E-state index in [1.54, 1.807) is 10.8 Å². The number of hydrogen-bond donors (Lipinski definition) is 3. The van der Waals surface area contributed by atoms with Crippen molar-refractivity contribution in [2.75, 3.05) is 5.32 Å². The van der Waals surface area contributed by atoms with Gasteiger partial charge in [-0.1, -0.05) is 18.9 Å². The number of aromatic amines is 1. The van der Waals surface area contributed by atoms with Crippen molar-refractivity contribution in [3.63, 3.8) is 0 Å². The minimum absolute atomic E-state index is 0.00542. The lowest BCUT2D eigenvalue weighted by Crippen LogP contribution is -2.41. The Bertz CT molecular complexity index is 963. The van der Waals surface area contributed by atoms with E-state index < -0.39 is 0 Å². The summed E-state index contributed by atoms with van der Waals surface area (Å²) in [7, 11) is 0. The van der Waals surface area contributed by atoms with E-state index >= 15 is 0 Å². The van der Waals surface area contributed by atoms with E-state index in [4.69, 9.17) is 0 Å². The molecule has 4 rings (SSSR count). The fourth-order valence-electron chi connectivity index (χ4n) is 4.75. The highest BCUT2D eigenvalue weighted by atomic mass is 16.2. The first-order valence-corrected chi connectivity index (χ1v) is 11.0. The molecule has 1 heterocycles. The number of imidazole rings is 1. The van der Waals surface area contributed by atoms with Gasteiger partial charge >= 0.3 is 5.69 Å². The summed E-state index contributed by atoms with van der Waals surface area (Å²) in [5, 5.41) is 6.20. The van der Waals surface area contributed by atoms with E-state index in [2.05, 4.69) is 15.6 Å². The molecular weight excluding hydrogens is 380 g/mol. The molecule has 2 aromatic rings. The van der Waals surface area contributed by atoms with Crippen LogP contribution in [-0.4, -0.2) is 27.4 Å². The molecule has 0 unspecified atom stereocenters. The lowest BCUT2D eigenvalue weighted by atomic mass is 9.85. The van der Waals surface area contributed by atoms with Crippen LogP contribution in [0.2, 0.25) is 0 Å². The predicted molar refractivity (Wildman–Crippen MR) is 116 cm³/mol. The Morgan fingerprint density at radius 3 is 2.37 bits per heavy atom. The number of aryl methyl sites for hydroxylation is 1. The third-order valence-corrected chi connectivity index (χ3v) is 6.50. The molecule has 30 heavy (non-hydrogen) atoms. The maximum Gasteiger partial charge on any atom is 0.330 e. The molecule has 160 valence electrons. The summed E-state index contributed by atoms with van der Waals surface area (Å²) in [5.41, 5.74) is 2.01. The Balaban J connectivity index is 1.31. The monoisotopic (exact) mass is 410 g/mol. The number of benzene rings is 1. The molecule has 0 spiro atoms. The Kier molecular flexibility index (Phi) is 6.06. The normalized spacial score (nSPS) is 22.0. The van der Waals surface area contributed by atoms with Crippen LogP contribution in [-0.2, 0) is 9.59 Å². The van der Waals surface area contributed by atoms with Crippen molar-refractivity contribution in [2.45, 2.75) is 64.3 Å². The van der Waals surface area contributed by atoms with Crippen molar-refractivity contribution in [1.29, 1.82) is 0 Å². The fraction of sp³-hybridized carbons (Fsp3) is 0.522. The number of nitrogens with zero attached hydrogens (tertiary/aromatic N) is 1. The summed E-state index contributed by atoms with van der Waals surface area (Å²) in [4.78, 5) is 39.8. The van der Waals surface area contributed by atoms with Crippen LogP contribution in [0.5, 0.6) is 0 Å². The quantitative estimate of drug-likeness (QED) is 0.706. The number of carbonyl (C=O) groups is 2. The first kappa shape index (κ1) is 20.4. The largest absolute Gasteiger partial charge is 0.353 e. The molecule has 2 amide bonds. The molecule has 2 aliphatic rings. The standard InChI is InChI=1S/C23H30N4O3/c1-15-14-24-23(30)27(15)20-8-4-7-19(13-20)26-22(29)17-9-11-18(12-10-17)25-21(28)16-5-2-3-6-16/h4,7-8,13-14,16-18H,2-3,5-6,9-12H2,1H3,(H,24,30)(H,25,28)(H,26,29). The van der Waals surface area contributed by atoms with Crippen molar-refractivity contribution in [3.05, 3.63) is 46.6 Å². The average Bonchev–Trinajstić information content (AvgIpc) is 3.39. The van der Waals surface area contributed by atoms with E-state index in [1.165, 1.54) is 0 Å². The van der Waals surface area contributed by atoms with Crippen LogP contribution in [0.15, 0.2) is 35.3 Å². The number of hydrogen-bond acceptors (Lipinski definition) is 3. The summed E-state index contributed by atoms with van der Waals surface area (Å²) >= 11 is 0. The van der Waals surface area contributed by atoms with Crippen LogP contribution in [0.3, 0.4) is 0 Å². The van der Waals surface area contributed by atoms with E-state index in [0.29, 0.717) is 5.69 Å². The van der Waals surface area contributed by atoms with Gasteiger partial charge in [-0.25, -0.2) is 4.79 Å². The molecule has 7 heteroatoms. The second-order valence-electron chi connectivity index (χ2n) is 8.65. The third kappa shape index (κ3) is 4.50. The van der Waals surface area contributed by atoms with Crippen LogP contribution in [0, 0.1) is 18.8 Å². The minimum Gasteiger partial charge on any atom is -0.353 e. The average molecular weight is 411 g/mol. The van der Waals surface area contributed by atoms with Crippen molar-refractivity contribution in [1.82, 2.24) is 14.9 Å². The molecule has 1 aromatic carbocycles. The lowest BCUT2D eigenvalue weighted by Gasteiger charge is -2.29. The van der Waals surface area contributed by atoms with Gasteiger partial charge in [0.2, 0.25) is 11.8 Å². The second kappa shape index (κ2) is 8.90. The smallest absolute Gasteiger partial charge is 0.330 e. The molecule has 1 aromatic heterocycles. The zero-order chi connectivity index (χ0) is 21.1. The van der Waals surface area contributed by atoms with E-state index in [0.717, 1.165) is 62.7 Å². The van der Waals surface area contributed by atoms with Gasteiger partial charge in [0.1, 0.15) is 0 Å². The number of aromatic nitrogens is 2. The topological polar surface area (TPSA) is 96.0 Å². The minimum atomic E-state index is -0.200. The Morgan fingerprint density at radius 2 is 1.70 bits per heavy atom. The van der Waals surface area contributed by atoms with Gasteiger partial charge in [0.25, 0.3) is 0 Å². The molecule has 2 fully saturated rings. The van der Waals surface area contributed by atoms with Gasteiger partial charge in [0.15, 0.2) is 0 Å². The van der Waals surface area contributed by atoms with Crippen molar-refractivity contribution in [3.8, 4) is 5.69 Å². The molecule has 0 radical (unpaired) electrons. The number of amides is 2. The van der Waals surface area contributed by atoms with Crippen molar-refractivity contribution < 1.29 is 9.59 Å². The third-order valence-electron chi connectivity index (χ3n) is 6.50. The van der Waals surface area contributed by atoms with Crippen LogP contribution < -0.4 is 16.3 Å². The van der Waals surface area contributed by atoms with Crippen LogP contribution in [0.4, 0.5) is 5.69 Å². The first-order valence-electron chi connectivity index (χ1n) is 11.0. The van der Waals surface area contributed by atoms with Crippen LogP contribution in [0.1, 0.15) is 57.1 Å². The number of anilines is 1. The molecule has 0 aliphatic heterocycles. The molecule has 0 atom stereocenters. The maximum absolute atomic E-state index is 12.8. The Labute approximate surface area is 176 Å². The van der Waals surface area contributed by atoms with Gasteiger partial charge in [0.05, 0.1) is 5.69 Å². The van der Waals surface area contributed by atoms with Crippen molar-refractivity contribution in [2.24, 2.45) is 11.8 Å². The van der Waals surface area contributed by atoms with Crippen LogP contribution >= 0.6 is 0 Å². The first-order chi connectivity index (χ1) is 14.5. The van der Waals surface area contributed by atoms with Gasteiger partial charge in [-0.15, -0.1) is 0 Å². The Morgan fingerprint density at radius 1 is 1.00 bits per heavy atom. The van der Waals surface area contributed by atoms with Crippen molar-refractivity contribution >= 4 is 17.5 Å². The number of nitrogens with one attached hydrogen (secondary N) is 3. The number of rotatable bonds is 5. The molecule has 2 saturated carbocycles. The predicted octanol–water partition coefficient (Wildman–Crippen LogP) is 3.28. The van der Waals surface area contributed by atoms with E-state index in [9.17, 15) is 14.4 Å². The molecule has 0 bridgehead atoms. The van der Waals surface area contributed by atoms with Gasteiger partial charge in [0, 0.05) is 35.5 Å². The summed E-state index contributed by atoms with van der Waals surface area (Å²) < 4.78 is 1.58. The molecule has 0 saturated heterocycles. The van der Waals surface area contributed by atoms with E-state index in [-0.39, 0.29) is 35.4 Å². The highest BCUT2D eigenvalue weighted by Gasteiger charge is 2.29. The highest BCUT2D eigenvalue weighted by molar-refractivity contribution is 5.92. The zero-order valence-corrected chi connectivity index (χ0v) is 17.4. The summed E-state index contributed by atoms with van der Waals surface area (Å²) in [6, 6.07) is 7.51. The second-order valence-corrected chi connectivity index (χ2v) is 8.65. The number of carbonyl (C=O) groups excluding carboxylic acids is 2. The van der Waals surface area contributed by atoms with Gasteiger partial charge in [-0.3, -0.25) is 14.2 Å². The SMILES string of the molecule is Cc1c[nH]c(=O)n1-c1cccc(NC(=O)C2CCC(NC(=O)C3CCCC3)CC2)c1. The zero-order valence-electron chi connectivity index (χ0n) is 17.4. The Hall–Kier alpha value is -2.83. The molecule has 2 aliphatic carbocycles. The van der Waals surface area contributed by atoms with Gasteiger partial charge in [-0.2, -0.15) is 0 Å². The van der Waals surface area contributed by atoms with Gasteiger partial charge < -0.3 is 15.6 Å². The maximum atomic E-state index is 12.8. The number of H-pyrrole nitrogens is 1. The van der Waals surface area contributed by atoms with Crippen LogP contribution in [0.25, 0.3) is 5.69 Å². The lowest BCUT2D eigenvalue weighted by molar-refractivity contribution is -0.125. The molecule has 7 nitrogen and oxygen atoms in total. The summed E-state index contributed by atoms with van der Waals surface area (Å²) in [6.07, 6.45) is 9.23. The molecular formula is C23H30N4O3. The summed E-state index contributed by atoms with van der Waals surface area (Å²) in [6.45, 7) is 1.85. The summed E-state index contributed by atoms with van der Waals surface area (Å²) in [5.74, 6) is 0.345. The highest BCUT2D eigenvalue weighted by Crippen LogP contribution is 2.28. The molecule has 3 N–H and O–H groups in total. The van der Waals surface area contributed by atoms with Gasteiger partial charge in [-0.05, 0) is 63.6 Å². The fourth-order valence-corrected chi connectivity index (χ4v) is 4.75. The van der Waals surface area contributed by atoms with E-state index in [1.807, 2.05) is 31.2 Å².